The van der Waals surface area contributed by atoms with Crippen molar-refractivity contribution in [1.82, 2.24) is 4.57 Å². The number of hydrogen-bond acceptors (Lipinski definition) is 2. The van der Waals surface area contributed by atoms with E-state index in [1.807, 2.05) is 22.7 Å². The maximum Gasteiger partial charge on any atom is 0.0640 e. The summed E-state index contributed by atoms with van der Waals surface area (Å²) in [5, 5.41) is 7.89. The van der Waals surface area contributed by atoms with Gasteiger partial charge in [0.1, 0.15) is 0 Å². The fourth-order valence-corrected chi connectivity index (χ4v) is 10.1. The SMILES string of the molecule is Cc1ccc2c(c1)c1ccc(C)cc1n2-c1cccc2c1sc1c(-c3ccccc3)cc(-c3cccc4c3sc3ccccc34)cc12. The van der Waals surface area contributed by atoms with Gasteiger partial charge in [-0.05, 0) is 78.6 Å². The summed E-state index contributed by atoms with van der Waals surface area (Å²) in [6, 6.07) is 52.0. The number of aromatic nitrogens is 1. The Morgan fingerprint density at radius 1 is 0.404 bits per heavy atom. The Kier molecular flexibility index (Phi) is 5.81. The predicted octanol–water partition coefficient (Wildman–Crippen LogP) is 13.5. The molecule has 3 heterocycles. The minimum atomic E-state index is 1.24. The lowest BCUT2D eigenvalue weighted by atomic mass is 9.95. The van der Waals surface area contributed by atoms with E-state index in [2.05, 4.69) is 158 Å². The van der Waals surface area contributed by atoms with Crippen LogP contribution in [-0.4, -0.2) is 4.57 Å². The largest absolute Gasteiger partial charge is 0.308 e. The van der Waals surface area contributed by atoms with Gasteiger partial charge in [-0.2, -0.15) is 0 Å². The average Bonchev–Trinajstić information content (AvgIpc) is 3.77. The molecule has 0 aliphatic heterocycles. The molecule has 0 saturated carbocycles. The molecule has 0 saturated heterocycles. The molecule has 0 bridgehead atoms. The molecular formula is C44H29NS2. The van der Waals surface area contributed by atoms with Gasteiger partial charge in [-0.25, -0.2) is 0 Å². The molecule has 0 spiro atoms. The minimum Gasteiger partial charge on any atom is -0.308 e. The van der Waals surface area contributed by atoms with Crippen molar-refractivity contribution < 1.29 is 0 Å². The number of rotatable bonds is 3. The number of hydrogen-bond donors (Lipinski definition) is 0. The molecule has 0 fully saturated rings. The third-order valence-corrected chi connectivity index (χ3v) is 12.2. The van der Waals surface area contributed by atoms with Crippen LogP contribution in [0.3, 0.4) is 0 Å². The van der Waals surface area contributed by atoms with Crippen LogP contribution in [0.2, 0.25) is 0 Å². The van der Waals surface area contributed by atoms with Crippen molar-refractivity contribution in [2.24, 2.45) is 0 Å². The van der Waals surface area contributed by atoms with Crippen LogP contribution >= 0.6 is 22.7 Å². The second-order valence-corrected chi connectivity index (χ2v) is 14.8. The Balaban J connectivity index is 1.31. The van der Waals surface area contributed by atoms with E-state index in [4.69, 9.17) is 0 Å². The van der Waals surface area contributed by atoms with Gasteiger partial charge in [0.2, 0.25) is 0 Å². The Bertz CT molecular complexity index is 2860. The van der Waals surface area contributed by atoms with Crippen molar-refractivity contribution in [2.45, 2.75) is 13.8 Å². The van der Waals surface area contributed by atoms with Crippen LogP contribution in [0, 0.1) is 13.8 Å². The first-order chi connectivity index (χ1) is 23.1. The van der Waals surface area contributed by atoms with E-state index in [1.54, 1.807) is 0 Å². The van der Waals surface area contributed by atoms with E-state index >= 15 is 0 Å². The van der Waals surface area contributed by atoms with Crippen LogP contribution in [0.25, 0.3) is 90.1 Å². The lowest BCUT2D eigenvalue weighted by Gasteiger charge is -2.10. The zero-order valence-electron chi connectivity index (χ0n) is 26.0. The van der Waals surface area contributed by atoms with Gasteiger partial charge in [-0.1, -0.05) is 103 Å². The van der Waals surface area contributed by atoms with Gasteiger partial charge >= 0.3 is 0 Å². The van der Waals surface area contributed by atoms with Gasteiger partial charge < -0.3 is 4.57 Å². The van der Waals surface area contributed by atoms with Gasteiger partial charge in [0.05, 0.1) is 21.4 Å². The van der Waals surface area contributed by atoms with Crippen LogP contribution in [0.1, 0.15) is 11.1 Å². The van der Waals surface area contributed by atoms with Crippen molar-refractivity contribution in [1.29, 1.82) is 0 Å². The first-order valence-electron chi connectivity index (χ1n) is 16.1. The van der Waals surface area contributed by atoms with Gasteiger partial charge in [-0.15, -0.1) is 22.7 Å². The standard InChI is InChI=1S/C44H29NS2/c1-26-19-21-38-36(22-26)31-20-18-27(2)23-40(31)45(38)39-16-9-15-34-37-25-29(24-35(43(37)47-44(34)39)28-10-4-3-5-11-28)30-13-8-14-33-32-12-6-7-17-41(32)46-42(30)33/h3-25H,1-2H3. The zero-order valence-corrected chi connectivity index (χ0v) is 27.7. The molecule has 3 heteroatoms. The highest BCUT2D eigenvalue weighted by molar-refractivity contribution is 7.27. The molecule has 222 valence electrons. The molecule has 3 aromatic heterocycles. The minimum absolute atomic E-state index is 1.24. The van der Waals surface area contributed by atoms with Crippen LogP contribution in [0.4, 0.5) is 0 Å². The number of nitrogens with zero attached hydrogens (tertiary/aromatic N) is 1. The van der Waals surface area contributed by atoms with E-state index in [9.17, 15) is 0 Å². The topological polar surface area (TPSA) is 4.93 Å². The smallest absolute Gasteiger partial charge is 0.0640 e. The van der Waals surface area contributed by atoms with Crippen molar-refractivity contribution in [2.75, 3.05) is 0 Å². The van der Waals surface area contributed by atoms with E-state index in [0.29, 0.717) is 0 Å². The van der Waals surface area contributed by atoms with Crippen molar-refractivity contribution >= 4 is 84.8 Å². The highest BCUT2D eigenvalue weighted by Gasteiger charge is 2.20. The Morgan fingerprint density at radius 3 is 2.02 bits per heavy atom. The van der Waals surface area contributed by atoms with E-state index < -0.39 is 0 Å². The summed E-state index contributed by atoms with van der Waals surface area (Å²) in [4.78, 5) is 0. The maximum atomic E-state index is 2.50. The van der Waals surface area contributed by atoms with Gasteiger partial charge in [-0.3, -0.25) is 0 Å². The van der Waals surface area contributed by atoms with Crippen LogP contribution in [0.15, 0.2) is 140 Å². The Labute approximate surface area is 280 Å². The second-order valence-electron chi connectivity index (χ2n) is 12.7. The van der Waals surface area contributed by atoms with Crippen LogP contribution < -0.4 is 0 Å². The molecule has 1 nitrogen and oxygen atoms in total. The lowest BCUT2D eigenvalue weighted by Crippen LogP contribution is -1.94. The fraction of sp³-hybridized carbons (Fsp3) is 0.0455. The summed E-state index contributed by atoms with van der Waals surface area (Å²) >= 11 is 3.83. The highest BCUT2D eigenvalue weighted by Crippen LogP contribution is 2.47. The third kappa shape index (κ3) is 4.00. The monoisotopic (exact) mass is 635 g/mol. The maximum absolute atomic E-state index is 2.50. The average molecular weight is 636 g/mol. The van der Waals surface area contributed by atoms with Crippen molar-refractivity contribution in [3.63, 3.8) is 0 Å². The molecule has 0 atom stereocenters. The van der Waals surface area contributed by atoms with Gasteiger partial charge in [0.25, 0.3) is 0 Å². The van der Waals surface area contributed by atoms with E-state index in [-0.39, 0.29) is 0 Å². The summed E-state index contributed by atoms with van der Waals surface area (Å²) in [6.07, 6.45) is 0. The van der Waals surface area contributed by atoms with E-state index in [1.165, 1.54) is 101 Å². The van der Waals surface area contributed by atoms with Crippen LogP contribution in [-0.2, 0) is 0 Å². The predicted molar refractivity (Wildman–Crippen MR) is 207 cm³/mol. The first-order valence-corrected chi connectivity index (χ1v) is 17.7. The number of fused-ring (bicyclic) bond motifs is 9. The number of benzene rings is 7. The molecular weight excluding hydrogens is 607 g/mol. The summed E-state index contributed by atoms with van der Waals surface area (Å²) in [5.41, 5.74) is 11.4. The molecule has 7 aromatic carbocycles. The fourth-order valence-electron chi connectivity index (χ4n) is 7.53. The molecule has 0 aliphatic rings. The quantitative estimate of drug-likeness (QED) is 0.182. The second kappa shape index (κ2) is 10.1. The van der Waals surface area contributed by atoms with E-state index in [0.717, 1.165) is 0 Å². The first kappa shape index (κ1) is 26.9. The van der Waals surface area contributed by atoms with Gasteiger partial charge in [0.15, 0.2) is 0 Å². The number of thiophene rings is 2. The molecule has 0 N–H and O–H groups in total. The van der Waals surface area contributed by atoms with Crippen LogP contribution in [0.5, 0.6) is 0 Å². The zero-order chi connectivity index (χ0) is 31.2. The molecule has 0 unspecified atom stereocenters. The molecule has 0 amide bonds. The highest BCUT2D eigenvalue weighted by atomic mass is 32.1. The molecule has 0 aliphatic carbocycles. The van der Waals surface area contributed by atoms with Gasteiger partial charge in [0, 0.05) is 52.0 Å². The lowest BCUT2D eigenvalue weighted by molar-refractivity contribution is 1.20. The molecule has 10 rings (SSSR count). The third-order valence-electron chi connectivity index (χ3n) is 9.70. The molecule has 47 heavy (non-hydrogen) atoms. The van der Waals surface area contributed by atoms with Crippen molar-refractivity contribution in [3.8, 4) is 27.9 Å². The normalized spacial score (nSPS) is 12.0. The summed E-state index contributed by atoms with van der Waals surface area (Å²) in [7, 11) is 0. The molecule has 0 radical (unpaired) electrons. The number of aryl methyl sites for hydroxylation is 2. The Morgan fingerprint density at radius 2 is 1.13 bits per heavy atom. The van der Waals surface area contributed by atoms with Crippen molar-refractivity contribution in [3.05, 3.63) is 151 Å². The summed E-state index contributed by atoms with van der Waals surface area (Å²) in [5.74, 6) is 0. The summed E-state index contributed by atoms with van der Waals surface area (Å²) in [6.45, 7) is 4.38. The summed E-state index contributed by atoms with van der Waals surface area (Å²) < 4.78 is 7.83. The Hall–Kier alpha value is -5.22. The molecule has 10 aromatic rings.